The molecule has 4 aliphatic carbocycles. The van der Waals surface area contributed by atoms with Crippen molar-refractivity contribution in [3.8, 4) is 0 Å². The Balaban J connectivity index is 1.42. The summed E-state index contributed by atoms with van der Waals surface area (Å²) in [6, 6.07) is 1.54. The molecule has 2 N–H and O–H groups in total. The van der Waals surface area contributed by atoms with Gasteiger partial charge in [-0.1, -0.05) is 20.8 Å². The molecule has 2 heterocycles. The van der Waals surface area contributed by atoms with Gasteiger partial charge in [0.1, 0.15) is 0 Å². The number of nitrogens with one attached hydrogen (secondary N) is 2. The van der Waals surface area contributed by atoms with Crippen LogP contribution in [0.15, 0.2) is 15.7 Å². The van der Waals surface area contributed by atoms with Gasteiger partial charge in [0.15, 0.2) is 11.8 Å². The van der Waals surface area contributed by atoms with E-state index in [1.54, 1.807) is 6.92 Å². The van der Waals surface area contributed by atoms with Crippen LogP contribution in [0.25, 0.3) is 11.0 Å². The van der Waals surface area contributed by atoms with Gasteiger partial charge in [-0.2, -0.15) is 0 Å². The van der Waals surface area contributed by atoms with E-state index in [1.165, 1.54) is 29.9 Å². The first-order valence-corrected chi connectivity index (χ1v) is 13.3. The van der Waals surface area contributed by atoms with Crippen molar-refractivity contribution in [1.82, 2.24) is 19.9 Å². The second-order valence-electron chi connectivity index (χ2n) is 11.6. The highest BCUT2D eigenvalue weighted by Crippen LogP contribution is 2.55. The van der Waals surface area contributed by atoms with Gasteiger partial charge >= 0.3 is 11.7 Å². The Kier molecular flexibility index (Phi) is 6.29. The summed E-state index contributed by atoms with van der Waals surface area (Å²) in [5.41, 5.74) is -0.699. The Morgan fingerprint density at radius 1 is 1.14 bits per heavy atom. The highest BCUT2D eigenvalue weighted by Gasteiger charge is 2.51. The summed E-state index contributed by atoms with van der Waals surface area (Å²) in [4.78, 5) is 58.6. The molecule has 0 saturated heterocycles. The third kappa shape index (κ3) is 4.37. The lowest BCUT2D eigenvalue weighted by Gasteiger charge is -2.57. The summed E-state index contributed by atoms with van der Waals surface area (Å²) >= 11 is 0. The zero-order chi connectivity index (χ0) is 25.8. The first-order chi connectivity index (χ1) is 17.1. The first-order valence-electron chi connectivity index (χ1n) is 13.3. The van der Waals surface area contributed by atoms with Crippen molar-refractivity contribution >= 4 is 22.9 Å². The summed E-state index contributed by atoms with van der Waals surface area (Å²) in [6.07, 6.45) is 6.44. The van der Waals surface area contributed by atoms with Gasteiger partial charge in [-0.05, 0) is 81.6 Å². The lowest BCUT2D eigenvalue weighted by molar-refractivity contribution is -0.134. The molecular weight excluding hydrogens is 460 g/mol. The van der Waals surface area contributed by atoms with Gasteiger partial charge < -0.3 is 10.1 Å². The number of nitrogens with zero attached hydrogens (tertiary/aromatic N) is 2. The Labute approximate surface area is 210 Å². The number of ether oxygens (including phenoxy) is 1. The summed E-state index contributed by atoms with van der Waals surface area (Å²) in [5.74, 6) is 0.912. The van der Waals surface area contributed by atoms with Gasteiger partial charge in [0.2, 0.25) is 0 Å². The maximum absolute atomic E-state index is 13.3. The third-order valence-corrected chi connectivity index (χ3v) is 8.31. The van der Waals surface area contributed by atoms with Crippen LogP contribution in [0.3, 0.4) is 0 Å². The van der Waals surface area contributed by atoms with E-state index in [-0.39, 0.29) is 34.0 Å². The average molecular weight is 497 g/mol. The van der Waals surface area contributed by atoms with Crippen molar-refractivity contribution in [2.75, 3.05) is 0 Å². The summed E-state index contributed by atoms with van der Waals surface area (Å²) in [5, 5.41) is 3.26. The zero-order valence-corrected chi connectivity index (χ0v) is 21.6. The molecule has 0 radical (unpaired) electrons. The molecule has 6 rings (SSSR count). The van der Waals surface area contributed by atoms with Crippen molar-refractivity contribution in [1.29, 1.82) is 0 Å². The Bertz CT molecular complexity index is 1290. The SMILES string of the molecule is CCCn1c(=O)[nH]c(=O)c2c(C(=O)OC(C)C(=O)NC34CC5CC(CC(C5)C3)C4)cc(C(C)C)nc21. The fourth-order valence-corrected chi connectivity index (χ4v) is 7.09. The van der Waals surface area contributed by atoms with Crippen LogP contribution in [0.2, 0.25) is 0 Å². The molecule has 2 aromatic rings. The predicted molar refractivity (Wildman–Crippen MR) is 135 cm³/mol. The van der Waals surface area contributed by atoms with E-state index in [0.29, 0.717) is 36.4 Å². The number of pyridine rings is 1. The summed E-state index contributed by atoms with van der Waals surface area (Å²) in [6.45, 7) is 7.66. The molecule has 4 bridgehead atoms. The second-order valence-corrected chi connectivity index (χ2v) is 11.6. The van der Waals surface area contributed by atoms with E-state index in [4.69, 9.17) is 4.74 Å². The number of esters is 1. The lowest BCUT2D eigenvalue weighted by Crippen LogP contribution is -2.61. The number of fused-ring (bicyclic) bond motifs is 1. The Hall–Kier alpha value is -2.97. The van der Waals surface area contributed by atoms with E-state index in [1.807, 2.05) is 20.8 Å². The van der Waals surface area contributed by atoms with Crippen LogP contribution in [-0.4, -0.2) is 38.1 Å². The quantitative estimate of drug-likeness (QED) is 0.567. The normalized spacial score (nSPS) is 27.4. The Morgan fingerprint density at radius 2 is 1.75 bits per heavy atom. The molecule has 2 aromatic heterocycles. The van der Waals surface area contributed by atoms with Crippen molar-refractivity contribution in [3.63, 3.8) is 0 Å². The highest BCUT2D eigenvalue weighted by atomic mass is 16.5. The molecule has 36 heavy (non-hydrogen) atoms. The minimum absolute atomic E-state index is 0.00569. The van der Waals surface area contributed by atoms with E-state index in [9.17, 15) is 19.2 Å². The second kappa shape index (κ2) is 9.16. The molecular formula is C27H36N4O5. The van der Waals surface area contributed by atoms with Crippen LogP contribution in [0, 0.1) is 17.8 Å². The van der Waals surface area contributed by atoms with Crippen LogP contribution in [0.5, 0.6) is 0 Å². The molecule has 1 unspecified atom stereocenters. The zero-order valence-electron chi connectivity index (χ0n) is 21.6. The lowest BCUT2D eigenvalue weighted by atomic mass is 9.53. The molecule has 9 nitrogen and oxygen atoms in total. The van der Waals surface area contributed by atoms with Crippen LogP contribution in [0.4, 0.5) is 0 Å². The molecule has 9 heteroatoms. The maximum Gasteiger partial charge on any atom is 0.339 e. The molecule has 0 aromatic carbocycles. The predicted octanol–water partition coefficient (Wildman–Crippen LogP) is 3.25. The number of aromatic nitrogens is 3. The van der Waals surface area contributed by atoms with E-state index >= 15 is 0 Å². The van der Waals surface area contributed by atoms with E-state index < -0.39 is 23.3 Å². The molecule has 1 amide bonds. The van der Waals surface area contributed by atoms with Crippen molar-refractivity contribution in [2.45, 2.75) is 96.7 Å². The topological polar surface area (TPSA) is 123 Å². The monoisotopic (exact) mass is 496 g/mol. The smallest absolute Gasteiger partial charge is 0.339 e. The van der Waals surface area contributed by atoms with Crippen LogP contribution < -0.4 is 16.6 Å². The highest BCUT2D eigenvalue weighted by molar-refractivity contribution is 6.03. The first kappa shape index (κ1) is 24.7. The Morgan fingerprint density at radius 3 is 2.31 bits per heavy atom. The number of amides is 1. The van der Waals surface area contributed by atoms with Gasteiger partial charge in [-0.3, -0.25) is 19.1 Å². The fraction of sp³-hybridized carbons (Fsp3) is 0.667. The van der Waals surface area contributed by atoms with E-state index in [0.717, 1.165) is 19.3 Å². The minimum atomic E-state index is -1.02. The fourth-order valence-electron chi connectivity index (χ4n) is 7.09. The van der Waals surface area contributed by atoms with Crippen LogP contribution in [-0.2, 0) is 16.1 Å². The van der Waals surface area contributed by atoms with Crippen LogP contribution in [0.1, 0.15) is 94.6 Å². The molecule has 4 aliphatic rings. The standard InChI is InChI=1S/C27H36N4O5/c1-5-6-31-22-21(24(33)29-26(31)35)19(10-20(28-22)14(2)3)25(34)36-15(4)23(32)30-27-11-16-7-17(12-27)9-18(8-16)13-27/h10,14-18H,5-9,11-13H2,1-4H3,(H,30,32)(H,29,33,35). The number of H-pyrrole nitrogens is 1. The third-order valence-electron chi connectivity index (χ3n) is 8.31. The van der Waals surface area contributed by atoms with Gasteiger partial charge in [0.25, 0.3) is 11.5 Å². The van der Waals surface area contributed by atoms with Gasteiger partial charge in [-0.25, -0.2) is 14.6 Å². The number of carbonyl (C=O) groups excluding carboxylic acids is 2. The number of carbonyl (C=O) groups is 2. The van der Waals surface area contributed by atoms with E-state index in [2.05, 4.69) is 15.3 Å². The van der Waals surface area contributed by atoms with Crippen molar-refractivity contribution < 1.29 is 14.3 Å². The van der Waals surface area contributed by atoms with Crippen molar-refractivity contribution in [2.24, 2.45) is 17.8 Å². The molecule has 4 fully saturated rings. The molecule has 1 atom stereocenters. The summed E-state index contributed by atoms with van der Waals surface area (Å²) < 4.78 is 7.00. The summed E-state index contributed by atoms with van der Waals surface area (Å²) in [7, 11) is 0. The number of rotatable bonds is 7. The molecule has 0 aliphatic heterocycles. The van der Waals surface area contributed by atoms with Gasteiger partial charge in [0.05, 0.1) is 10.9 Å². The van der Waals surface area contributed by atoms with Gasteiger partial charge in [-0.15, -0.1) is 0 Å². The number of hydrogen-bond donors (Lipinski definition) is 2. The number of aryl methyl sites for hydroxylation is 1. The van der Waals surface area contributed by atoms with Gasteiger partial charge in [0, 0.05) is 17.8 Å². The largest absolute Gasteiger partial charge is 0.449 e. The molecule has 0 spiro atoms. The molecule has 194 valence electrons. The maximum atomic E-state index is 13.3. The number of aromatic amines is 1. The molecule has 4 saturated carbocycles. The number of hydrogen-bond acceptors (Lipinski definition) is 6. The average Bonchev–Trinajstić information content (AvgIpc) is 2.79. The minimum Gasteiger partial charge on any atom is -0.449 e. The van der Waals surface area contributed by atoms with Crippen molar-refractivity contribution in [3.05, 3.63) is 38.2 Å². The van der Waals surface area contributed by atoms with Crippen LogP contribution >= 0.6 is 0 Å².